The van der Waals surface area contributed by atoms with Crippen molar-refractivity contribution >= 4 is 0 Å². The van der Waals surface area contributed by atoms with E-state index in [2.05, 4.69) is 6.92 Å². The van der Waals surface area contributed by atoms with E-state index < -0.39 is 0 Å². The summed E-state index contributed by atoms with van der Waals surface area (Å²) in [6.45, 7) is 3.32. The third-order valence-corrected chi connectivity index (χ3v) is 3.82. The lowest BCUT2D eigenvalue weighted by atomic mass is 9.68. The molecule has 1 saturated carbocycles. The molecule has 13 heavy (non-hydrogen) atoms. The fourth-order valence-electron chi connectivity index (χ4n) is 2.49. The topological polar surface area (TPSA) is 46.2 Å². The fourth-order valence-corrected chi connectivity index (χ4v) is 2.49. The van der Waals surface area contributed by atoms with Gasteiger partial charge < -0.3 is 10.8 Å². The van der Waals surface area contributed by atoms with E-state index in [1.54, 1.807) is 0 Å². The number of hydrogen-bond donors (Lipinski definition) is 2. The molecule has 0 aliphatic heterocycles. The minimum absolute atomic E-state index is 0.278. The quantitative estimate of drug-likeness (QED) is 0.703. The van der Waals surface area contributed by atoms with Gasteiger partial charge in [0.1, 0.15) is 0 Å². The summed E-state index contributed by atoms with van der Waals surface area (Å²) >= 11 is 0. The Morgan fingerprint density at radius 1 is 1.38 bits per heavy atom. The maximum absolute atomic E-state index is 8.98. The van der Waals surface area contributed by atoms with E-state index in [1.807, 2.05) is 0 Å². The van der Waals surface area contributed by atoms with Crippen molar-refractivity contribution in [3.63, 3.8) is 0 Å². The molecule has 0 aromatic carbocycles. The van der Waals surface area contributed by atoms with Crippen LogP contribution in [-0.2, 0) is 0 Å². The summed E-state index contributed by atoms with van der Waals surface area (Å²) in [6, 6.07) is 0. The fraction of sp³-hybridized carbons (Fsp3) is 1.00. The van der Waals surface area contributed by atoms with E-state index in [0.29, 0.717) is 6.61 Å². The molecule has 0 atom stereocenters. The summed E-state index contributed by atoms with van der Waals surface area (Å²) in [5.74, 6) is 0.915. The van der Waals surface area contributed by atoms with Crippen molar-refractivity contribution in [3.8, 4) is 0 Å². The van der Waals surface area contributed by atoms with Gasteiger partial charge in [0.05, 0.1) is 0 Å². The molecule has 0 aromatic heterocycles. The maximum atomic E-state index is 8.98. The van der Waals surface area contributed by atoms with Crippen LogP contribution in [0.4, 0.5) is 0 Å². The van der Waals surface area contributed by atoms with Crippen LogP contribution in [0.3, 0.4) is 0 Å². The van der Waals surface area contributed by atoms with Gasteiger partial charge in [0, 0.05) is 6.61 Å². The van der Waals surface area contributed by atoms with E-state index in [0.717, 1.165) is 18.9 Å². The van der Waals surface area contributed by atoms with E-state index in [1.165, 1.54) is 32.1 Å². The van der Waals surface area contributed by atoms with Gasteiger partial charge in [-0.05, 0) is 50.0 Å². The van der Waals surface area contributed by atoms with Crippen molar-refractivity contribution in [1.29, 1.82) is 0 Å². The lowest BCUT2D eigenvalue weighted by Crippen LogP contribution is -2.35. The van der Waals surface area contributed by atoms with E-state index in [4.69, 9.17) is 10.8 Å². The second kappa shape index (κ2) is 4.97. The molecule has 2 nitrogen and oxygen atoms in total. The van der Waals surface area contributed by atoms with Crippen LogP contribution in [-0.4, -0.2) is 18.3 Å². The SMILES string of the molecule is CCC1CCC(CN)(CCO)CC1. The number of hydrogen-bond acceptors (Lipinski definition) is 2. The summed E-state index contributed by atoms with van der Waals surface area (Å²) in [6.07, 6.45) is 7.28. The number of rotatable bonds is 4. The Morgan fingerprint density at radius 2 is 2.00 bits per heavy atom. The Kier molecular flexibility index (Phi) is 4.20. The smallest absolute Gasteiger partial charge is 0.0436 e. The molecule has 2 heteroatoms. The number of aliphatic hydroxyl groups excluding tert-OH is 1. The molecule has 78 valence electrons. The van der Waals surface area contributed by atoms with Crippen LogP contribution in [0.2, 0.25) is 0 Å². The van der Waals surface area contributed by atoms with E-state index >= 15 is 0 Å². The van der Waals surface area contributed by atoms with Gasteiger partial charge in [-0.25, -0.2) is 0 Å². The second-order valence-electron chi connectivity index (χ2n) is 4.53. The van der Waals surface area contributed by atoms with Crippen molar-refractivity contribution in [3.05, 3.63) is 0 Å². The first-order chi connectivity index (χ1) is 6.26. The molecule has 1 aliphatic carbocycles. The zero-order chi connectivity index (χ0) is 9.73. The first kappa shape index (κ1) is 11.0. The van der Waals surface area contributed by atoms with Crippen molar-refractivity contribution in [2.24, 2.45) is 17.1 Å². The predicted octanol–water partition coefficient (Wildman–Crippen LogP) is 1.91. The van der Waals surface area contributed by atoms with Crippen LogP contribution in [0.5, 0.6) is 0 Å². The first-order valence-corrected chi connectivity index (χ1v) is 5.57. The molecule has 0 amide bonds. The highest BCUT2D eigenvalue weighted by Gasteiger charge is 2.32. The first-order valence-electron chi connectivity index (χ1n) is 5.57. The minimum atomic E-state index is 0.278. The zero-order valence-corrected chi connectivity index (χ0v) is 8.76. The monoisotopic (exact) mass is 185 g/mol. The Balaban J connectivity index is 2.42. The van der Waals surface area contributed by atoms with Crippen LogP contribution in [0.1, 0.15) is 45.4 Å². The number of nitrogens with two attached hydrogens (primary N) is 1. The van der Waals surface area contributed by atoms with Gasteiger partial charge in [-0.15, -0.1) is 0 Å². The van der Waals surface area contributed by atoms with Gasteiger partial charge in [-0.1, -0.05) is 13.3 Å². The van der Waals surface area contributed by atoms with Crippen LogP contribution in [0.25, 0.3) is 0 Å². The molecule has 3 N–H and O–H groups in total. The second-order valence-corrected chi connectivity index (χ2v) is 4.53. The van der Waals surface area contributed by atoms with E-state index in [9.17, 15) is 0 Å². The molecular weight excluding hydrogens is 162 g/mol. The Bertz CT molecular complexity index is 139. The Labute approximate surface area is 81.5 Å². The predicted molar refractivity (Wildman–Crippen MR) is 55.4 cm³/mol. The summed E-state index contributed by atoms with van der Waals surface area (Å²) < 4.78 is 0. The van der Waals surface area contributed by atoms with Gasteiger partial charge in [-0.2, -0.15) is 0 Å². The highest BCUT2D eigenvalue weighted by Crippen LogP contribution is 2.41. The normalized spacial score (nSPS) is 34.8. The molecule has 0 heterocycles. The van der Waals surface area contributed by atoms with Crippen molar-refractivity contribution in [1.82, 2.24) is 0 Å². The molecule has 0 spiro atoms. The van der Waals surface area contributed by atoms with Crippen LogP contribution in [0, 0.1) is 11.3 Å². The Hall–Kier alpha value is -0.0800. The third-order valence-electron chi connectivity index (χ3n) is 3.82. The van der Waals surface area contributed by atoms with E-state index in [-0.39, 0.29) is 5.41 Å². The average Bonchev–Trinajstić information content (AvgIpc) is 2.19. The lowest BCUT2D eigenvalue weighted by molar-refractivity contribution is 0.111. The van der Waals surface area contributed by atoms with Gasteiger partial charge in [0.15, 0.2) is 0 Å². The summed E-state index contributed by atoms with van der Waals surface area (Å²) in [4.78, 5) is 0. The lowest BCUT2D eigenvalue weighted by Gasteiger charge is -2.39. The maximum Gasteiger partial charge on any atom is 0.0436 e. The van der Waals surface area contributed by atoms with Crippen LogP contribution >= 0.6 is 0 Å². The summed E-state index contributed by atoms with van der Waals surface area (Å²) in [5.41, 5.74) is 6.08. The van der Waals surface area contributed by atoms with Gasteiger partial charge >= 0.3 is 0 Å². The average molecular weight is 185 g/mol. The third kappa shape index (κ3) is 2.68. The molecule has 0 bridgehead atoms. The number of aliphatic hydroxyl groups is 1. The van der Waals surface area contributed by atoms with Crippen LogP contribution in [0.15, 0.2) is 0 Å². The van der Waals surface area contributed by atoms with Crippen molar-refractivity contribution in [2.75, 3.05) is 13.2 Å². The van der Waals surface area contributed by atoms with Crippen molar-refractivity contribution in [2.45, 2.75) is 45.4 Å². The molecule has 1 aliphatic rings. The summed E-state index contributed by atoms with van der Waals surface area (Å²) in [5, 5.41) is 8.98. The van der Waals surface area contributed by atoms with Crippen molar-refractivity contribution < 1.29 is 5.11 Å². The molecule has 1 rings (SSSR count). The molecular formula is C11H23NO. The van der Waals surface area contributed by atoms with Crippen LogP contribution < -0.4 is 5.73 Å². The molecule has 0 saturated heterocycles. The largest absolute Gasteiger partial charge is 0.396 e. The standard InChI is InChI=1S/C11H23NO/c1-2-10-3-5-11(9-12,6-4-10)7-8-13/h10,13H,2-9,12H2,1H3. The van der Waals surface area contributed by atoms with Gasteiger partial charge in [0.25, 0.3) is 0 Å². The van der Waals surface area contributed by atoms with Gasteiger partial charge in [-0.3, -0.25) is 0 Å². The molecule has 0 aromatic rings. The highest BCUT2D eigenvalue weighted by molar-refractivity contribution is 4.85. The molecule has 0 unspecified atom stereocenters. The highest BCUT2D eigenvalue weighted by atomic mass is 16.3. The minimum Gasteiger partial charge on any atom is -0.396 e. The zero-order valence-electron chi connectivity index (χ0n) is 8.76. The van der Waals surface area contributed by atoms with Gasteiger partial charge in [0.2, 0.25) is 0 Å². The Morgan fingerprint density at radius 3 is 2.38 bits per heavy atom. The molecule has 0 radical (unpaired) electrons. The summed E-state index contributed by atoms with van der Waals surface area (Å²) in [7, 11) is 0. The molecule has 1 fully saturated rings.